The minimum absolute atomic E-state index is 0.101. The van der Waals surface area contributed by atoms with Crippen LogP contribution in [0.15, 0.2) is 16.9 Å². The highest BCUT2D eigenvalue weighted by molar-refractivity contribution is 9.10. The van der Waals surface area contributed by atoms with E-state index in [-0.39, 0.29) is 12.3 Å². The average molecular weight is 258 g/mol. The van der Waals surface area contributed by atoms with Gasteiger partial charge in [-0.2, -0.15) is 0 Å². The number of halogens is 1. The van der Waals surface area contributed by atoms with Crippen molar-refractivity contribution in [3.05, 3.63) is 16.9 Å². The molecule has 2 rings (SSSR count). The number of rotatable bonds is 1. The Morgan fingerprint density at radius 1 is 1.50 bits per heavy atom. The lowest BCUT2D eigenvalue weighted by molar-refractivity contribution is 0.480. The normalized spacial score (nSPS) is 24.4. The zero-order valence-corrected chi connectivity index (χ0v) is 9.71. The summed E-state index contributed by atoms with van der Waals surface area (Å²) in [6.45, 7) is 3.04. The van der Waals surface area contributed by atoms with Gasteiger partial charge in [0.25, 0.3) is 0 Å². The van der Waals surface area contributed by atoms with Gasteiger partial charge in [-0.15, -0.1) is 0 Å². The summed E-state index contributed by atoms with van der Waals surface area (Å²) in [7, 11) is 0. The lowest BCUT2D eigenvalue weighted by Crippen LogP contribution is -2.38. The van der Waals surface area contributed by atoms with Crippen LogP contribution in [0.5, 0.6) is 0 Å². The Labute approximate surface area is 95.5 Å². The van der Waals surface area contributed by atoms with Crippen LogP contribution in [0.25, 0.3) is 0 Å². The molecule has 0 radical (unpaired) electrons. The molecule has 1 fully saturated rings. The minimum atomic E-state index is 0.101. The number of piperidine rings is 1. The second kappa shape index (κ2) is 4.26. The fourth-order valence-corrected chi connectivity index (χ4v) is 1.97. The van der Waals surface area contributed by atoms with Gasteiger partial charge in [0, 0.05) is 12.6 Å². The lowest BCUT2D eigenvalue weighted by Gasteiger charge is -2.34. The van der Waals surface area contributed by atoms with Gasteiger partial charge in [-0.05, 0) is 42.1 Å². The largest absolute Gasteiger partial charge is 0.353 e. The molecule has 4 heteroatoms. The van der Waals surface area contributed by atoms with Crippen molar-refractivity contribution >= 4 is 21.7 Å². The maximum absolute atomic E-state index is 7.81. The van der Waals surface area contributed by atoms with Crippen molar-refractivity contribution in [1.29, 1.82) is 0 Å². The van der Waals surface area contributed by atoms with E-state index in [1.165, 1.54) is 6.42 Å². The first-order valence-electron chi connectivity index (χ1n) is 5.87. The molecular weight excluding hydrogens is 242 g/mol. The molecule has 1 aliphatic heterocycles. The molecule has 1 unspecified atom stereocenters. The fraction of sp³-hybridized carbons (Fsp3) is 0.600. The van der Waals surface area contributed by atoms with Crippen LogP contribution in [0.2, 0.25) is 0 Å². The van der Waals surface area contributed by atoms with Crippen LogP contribution in [0, 0.1) is 0 Å². The van der Waals surface area contributed by atoms with E-state index in [0.717, 1.165) is 19.4 Å². The maximum atomic E-state index is 7.81. The first-order chi connectivity index (χ1) is 7.59. The molecule has 1 atom stereocenters. The third-order valence-corrected chi connectivity index (χ3v) is 2.94. The molecule has 0 aromatic carbocycles. The van der Waals surface area contributed by atoms with Crippen molar-refractivity contribution in [2.24, 2.45) is 0 Å². The molecule has 0 spiro atoms. The SMILES string of the molecule is [2H]c1nc(N2CCCCC2C)c([2H])nc1Br. The Hall–Kier alpha value is -0.640. The van der Waals surface area contributed by atoms with Crippen molar-refractivity contribution in [3.63, 3.8) is 0 Å². The first kappa shape index (κ1) is 7.63. The van der Waals surface area contributed by atoms with Crippen molar-refractivity contribution in [2.45, 2.75) is 32.2 Å². The molecular formula is C10H14BrN3. The number of hydrogen-bond donors (Lipinski definition) is 0. The molecule has 0 N–H and O–H groups in total. The van der Waals surface area contributed by atoms with Gasteiger partial charge in [-0.25, -0.2) is 9.97 Å². The van der Waals surface area contributed by atoms with Crippen LogP contribution in [-0.4, -0.2) is 22.6 Å². The summed E-state index contributed by atoms with van der Waals surface area (Å²) in [6.07, 6.45) is 3.71. The number of hydrogen-bond acceptors (Lipinski definition) is 3. The van der Waals surface area contributed by atoms with Gasteiger partial charge < -0.3 is 4.90 Å². The van der Waals surface area contributed by atoms with Crippen LogP contribution in [0.3, 0.4) is 0 Å². The van der Waals surface area contributed by atoms with Crippen molar-refractivity contribution in [1.82, 2.24) is 9.97 Å². The van der Waals surface area contributed by atoms with Crippen LogP contribution >= 0.6 is 15.9 Å². The molecule has 1 saturated heterocycles. The van der Waals surface area contributed by atoms with E-state index in [4.69, 9.17) is 2.74 Å². The van der Waals surface area contributed by atoms with Gasteiger partial charge in [0.05, 0.1) is 15.1 Å². The van der Waals surface area contributed by atoms with E-state index in [1.54, 1.807) is 0 Å². The third kappa shape index (κ3) is 2.05. The molecule has 3 nitrogen and oxygen atoms in total. The fourth-order valence-electron chi connectivity index (χ4n) is 1.79. The topological polar surface area (TPSA) is 29.0 Å². The van der Waals surface area contributed by atoms with E-state index in [9.17, 15) is 0 Å². The van der Waals surface area contributed by atoms with Crippen LogP contribution in [0.4, 0.5) is 5.82 Å². The zero-order valence-electron chi connectivity index (χ0n) is 10.1. The Balaban J connectivity index is 2.35. The van der Waals surface area contributed by atoms with Crippen LogP contribution < -0.4 is 4.90 Å². The summed E-state index contributed by atoms with van der Waals surface area (Å²) in [5.41, 5.74) is 0. The molecule has 2 heterocycles. The van der Waals surface area contributed by atoms with Crippen molar-refractivity contribution in [2.75, 3.05) is 11.4 Å². The highest BCUT2D eigenvalue weighted by Gasteiger charge is 2.19. The molecule has 0 aliphatic carbocycles. The summed E-state index contributed by atoms with van der Waals surface area (Å²) in [5, 5.41) is 0. The summed E-state index contributed by atoms with van der Waals surface area (Å²) >= 11 is 3.12. The molecule has 0 amide bonds. The van der Waals surface area contributed by atoms with E-state index >= 15 is 0 Å². The van der Waals surface area contributed by atoms with E-state index in [0.29, 0.717) is 16.5 Å². The van der Waals surface area contributed by atoms with E-state index < -0.39 is 0 Å². The Morgan fingerprint density at radius 2 is 2.36 bits per heavy atom. The summed E-state index contributed by atoms with van der Waals surface area (Å²) in [4.78, 5) is 10.2. The van der Waals surface area contributed by atoms with E-state index in [2.05, 4.69) is 37.7 Å². The van der Waals surface area contributed by atoms with Crippen molar-refractivity contribution in [3.8, 4) is 0 Å². The van der Waals surface area contributed by atoms with Gasteiger partial charge in [-0.1, -0.05) is 0 Å². The quantitative estimate of drug-likeness (QED) is 0.775. The molecule has 14 heavy (non-hydrogen) atoms. The lowest BCUT2D eigenvalue weighted by atomic mass is 10.0. The second-order valence-corrected chi connectivity index (χ2v) is 4.35. The molecule has 0 saturated carbocycles. The van der Waals surface area contributed by atoms with Crippen LogP contribution in [-0.2, 0) is 0 Å². The molecule has 1 aliphatic rings. The van der Waals surface area contributed by atoms with Gasteiger partial charge in [0.15, 0.2) is 0 Å². The Bertz CT molecular complexity index is 400. The van der Waals surface area contributed by atoms with Gasteiger partial charge >= 0.3 is 0 Å². The Kier molecular flexibility index (Phi) is 2.32. The minimum Gasteiger partial charge on any atom is -0.353 e. The Morgan fingerprint density at radius 3 is 3.14 bits per heavy atom. The average Bonchev–Trinajstić information content (AvgIpc) is 2.25. The monoisotopic (exact) mass is 257 g/mol. The van der Waals surface area contributed by atoms with Gasteiger partial charge in [-0.3, -0.25) is 0 Å². The maximum Gasteiger partial charge on any atom is 0.147 e. The number of aromatic nitrogens is 2. The summed E-state index contributed by atoms with van der Waals surface area (Å²) in [5.74, 6) is 0.542. The highest BCUT2D eigenvalue weighted by Crippen LogP contribution is 2.22. The predicted octanol–water partition coefficient (Wildman–Crippen LogP) is 2.62. The first-order valence-corrected chi connectivity index (χ1v) is 5.66. The molecule has 76 valence electrons. The number of anilines is 1. The van der Waals surface area contributed by atoms with Crippen molar-refractivity contribution < 1.29 is 2.74 Å². The van der Waals surface area contributed by atoms with Gasteiger partial charge in [0.1, 0.15) is 10.4 Å². The second-order valence-electron chi connectivity index (χ2n) is 3.60. The highest BCUT2D eigenvalue weighted by atomic mass is 79.9. The third-order valence-electron chi connectivity index (χ3n) is 2.58. The predicted molar refractivity (Wildman–Crippen MR) is 60.4 cm³/mol. The standard InChI is InChI=1S/C10H14BrN3/c1-8-4-2-3-5-14(8)10-7-12-9(11)6-13-10/h6-8H,2-5H2,1H3/i6D,7D. The molecule has 0 bridgehead atoms. The molecule has 1 aromatic heterocycles. The number of nitrogens with zero attached hydrogens (tertiary/aromatic N) is 3. The van der Waals surface area contributed by atoms with Gasteiger partial charge in [0.2, 0.25) is 0 Å². The summed E-state index contributed by atoms with van der Waals surface area (Å²) < 4.78 is 15.8. The smallest absolute Gasteiger partial charge is 0.147 e. The summed E-state index contributed by atoms with van der Waals surface area (Å²) in [6, 6.07) is 0.382. The van der Waals surface area contributed by atoms with Crippen LogP contribution in [0.1, 0.15) is 28.9 Å². The molecule has 1 aromatic rings. The van der Waals surface area contributed by atoms with E-state index in [1.807, 2.05) is 0 Å². The zero-order chi connectivity index (χ0) is 11.7.